The van der Waals surface area contributed by atoms with Crippen LogP contribution in [0.5, 0.6) is 5.75 Å². The molecule has 0 aliphatic carbocycles. The van der Waals surface area contributed by atoms with Gasteiger partial charge in [-0.1, -0.05) is 6.07 Å². The summed E-state index contributed by atoms with van der Waals surface area (Å²) >= 11 is 0. The van der Waals surface area contributed by atoms with Gasteiger partial charge in [-0.05, 0) is 6.07 Å². The lowest BCUT2D eigenvalue weighted by atomic mass is 10.1. The summed E-state index contributed by atoms with van der Waals surface area (Å²) in [6.07, 6.45) is -4.63. The zero-order valence-electron chi connectivity index (χ0n) is 9.58. The Bertz CT molecular complexity index is 432. The van der Waals surface area contributed by atoms with Crippen molar-refractivity contribution in [3.8, 4) is 5.75 Å². The van der Waals surface area contributed by atoms with Gasteiger partial charge >= 0.3 is 12.1 Å². The minimum atomic E-state index is -4.45. The number of nitrogens with two attached hydrogens (primary N) is 1. The van der Waals surface area contributed by atoms with E-state index >= 15 is 0 Å². The Labute approximate surface area is 101 Å². The first-order chi connectivity index (χ1) is 8.31. The maximum atomic E-state index is 12.1. The Hall–Kier alpha value is -1.92. The number of carbonyl (C=O) groups is 1. The van der Waals surface area contributed by atoms with E-state index in [9.17, 15) is 18.0 Å². The second-order valence-corrected chi connectivity index (χ2v) is 3.52. The van der Waals surface area contributed by atoms with E-state index in [1.165, 1.54) is 25.3 Å². The lowest BCUT2D eigenvalue weighted by molar-refractivity contribution is -0.153. The monoisotopic (exact) mass is 263 g/mol. The van der Waals surface area contributed by atoms with Crippen molar-refractivity contribution >= 4 is 11.7 Å². The zero-order chi connectivity index (χ0) is 13.8. The quantitative estimate of drug-likeness (QED) is 0.666. The number of methoxy groups -OCH3 is 1. The molecule has 1 aromatic rings. The number of hydrogen-bond donors (Lipinski definition) is 1. The highest BCUT2D eigenvalue weighted by atomic mass is 19.4. The van der Waals surface area contributed by atoms with Crippen LogP contribution in [-0.2, 0) is 16.0 Å². The molecule has 7 heteroatoms. The Morgan fingerprint density at radius 1 is 1.39 bits per heavy atom. The fraction of sp³-hybridized carbons (Fsp3) is 0.364. The van der Waals surface area contributed by atoms with Crippen molar-refractivity contribution in [2.24, 2.45) is 0 Å². The number of rotatable bonds is 4. The van der Waals surface area contributed by atoms with Crippen LogP contribution in [-0.4, -0.2) is 25.9 Å². The Morgan fingerprint density at radius 2 is 2.06 bits per heavy atom. The molecular weight excluding hydrogens is 251 g/mol. The van der Waals surface area contributed by atoms with Crippen molar-refractivity contribution < 1.29 is 27.4 Å². The maximum absolute atomic E-state index is 12.1. The van der Waals surface area contributed by atoms with Gasteiger partial charge in [0.15, 0.2) is 6.61 Å². The number of hydrogen-bond acceptors (Lipinski definition) is 4. The van der Waals surface area contributed by atoms with Crippen molar-refractivity contribution in [1.29, 1.82) is 0 Å². The topological polar surface area (TPSA) is 61.5 Å². The molecule has 0 heterocycles. The third kappa shape index (κ3) is 4.52. The first-order valence-electron chi connectivity index (χ1n) is 4.96. The van der Waals surface area contributed by atoms with Crippen molar-refractivity contribution in [3.05, 3.63) is 23.8 Å². The molecule has 0 saturated carbocycles. The average molecular weight is 263 g/mol. The highest BCUT2D eigenvalue weighted by Gasteiger charge is 2.29. The molecule has 0 aliphatic rings. The highest BCUT2D eigenvalue weighted by molar-refractivity contribution is 5.73. The summed E-state index contributed by atoms with van der Waals surface area (Å²) in [6, 6.07) is 4.14. The number of halogens is 3. The van der Waals surface area contributed by atoms with E-state index in [2.05, 4.69) is 9.47 Å². The molecule has 0 atom stereocenters. The predicted octanol–water partition coefficient (Wildman–Crippen LogP) is 1.93. The van der Waals surface area contributed by atoms with Crippen LogP contribution in [0.2, 0.25) is 0 Å². The molecule has 18 heavy (non-hydrogen) atoms. The van der Waals surface area contributed by atoms with E-state index < -0.39 is 18.8 Å². The number of anilines is 1. The number of nitrogen functional groups attached to an aromatic ring is 1. The summed E-state index contributed by atoms with van der Waals surface area (Å²) in [7, 11) is 1.19. The Kier molecular flexibility index (Phi) is 4.41. The van der Waals surface area contributed by atoms with Crippen LogP contribution in [0.3, 0.4) is 0 Å². The summed E-state index contributed by atoms with van der Waals surface area (Å²) in [5.74, 6) is -0.644. The van der Waals surface area contributed by atoms with Gasteiger partial charge in [0.2, 0.25) is 0 Å². The van der Waals surface area contributed by atoms with Crippen molar-refractivity contribution in [2.45, 2.75) is 12.6 Å². The zero-order valence-corrected chi connectivity index (χ0v) is 9.58. The fourth-order valence-electron chi connectivity index (χ4n) is 1.24. The highest BCUT2D eigenvalue weighted by Crippen LogP contribution is 2.25. The summed E-state index contributed by atoms with van der Waals surface area (Å²) in [5, 5.41) is 0. The molecule has 0 bridgehead atoms. The molecule has 0 fully saturated rings. The van der Waals surface area contributed by atoms with E-state index in [1.54, 1.807) is 0 Å². The molecule has 0 unspecified atom stereocenters. The lowest BCUT2D eigenvalue weighted by Crippen LogP contribution is -2.20. The number of ether oxygens (including phenoxy) is 2. The first-order valence-corrected chi connectivity index (χ1v) is 4.96. The molecule has 0 amide bonds. The van der Waals surface area contributed by atoms with Gasteiger partial charge in [0.1, 0.15) is 5.75 Å². The average Bonchev–Trinajstić information content (AvgIpc) is 2.28. The van der Waals surface area contributed by atoms with Crippen LogP contribution in [0.25, 0.3) is 0 Å². The molecule has 1 aromatic carbocycles. The molecule has 0 radical (unpaired) electrons. The van der Waals surface area contributed by atoms with Gasteiger partial charge in [0.25, 0.3) is 0 Å². The molecule has 4 nitrogen and oxygen atoms in total. The Morgan fingerprint density at radius 3 is 2.61 bits per heavy atom. The fourth-order valence-corrected chi connectivity index (χ4v) is 1.24. The normalized spacial score (nSPS) is 11.1. The summed E-state index contributed by atoms with van der Waals surface area (Å²) in [5.41, 5.74) is 6.00. The van der Waals surface area contributed by atoms with E-state index in [1.807, 2.05) is 0 Å². The molecule has 1 rings (SSSR count). The van der Waals surface area contributed by atoms with Crippen LogP contribution in [0.15, 0.2) is 18.2 Å². The van der Waals surface area contributed by atoms with Crippen molar-refractivity contribution in [2.75, 3.05) is 19.5 Å². The number of benzene rings is 1. The summed E-state index contributed by atoms with van der Waals surface area (Å²) in [4.78, 5) is 11.1. The number of carbonyl (C=O) groups excluding carboxylic acids is 1. The molecule has 2 N–H and O–H groups in total. The van der Waals surface area contributed by atoms with E-state index in [0.29, 0.717) is 5.56 Å². The summed E-state index contributed by atoms with van der Waals surface area (Å²) < 4.78 is 45.2. The van der Waals surface area contributed by atoms with E-state index in [4.69, 9.17) is 5.73 Å². The molecule has 100 valence electrons. The predicted molar refractivity (Wildman–Crippen MR) is 58.1 cm³/mol. The van der Waals surface area contributed by atoms with E-state index in [0.717, 1.165) is 0 Å². The second kappa shape index (κ2) is 5.61. The number of esters is 1. The minimum absolute atomic E-state index is 0.0716. The van der Waals surface area contributed by atoms with Gasteiger partial charge in [-0.3, -0.25) is 4.79 Å². The lowest BCUT2D eigenvalue weighted by Gasteiger charge is -2.13. The van der Waals surface area contributed by atoms with Gasteiger partial charge < -0.3 is 15.2 Å². The molecule has 0 aliphatic heterocycles. The second-order valence-electron chi connectivity index (χ2n) is 3.52. The van der Waals surface area contributed by atoms with Gasteiger partial charge in [-0.2, -0.15) is 13.2 Å². The van der Waals surface area contributed by atoms with Crippen LogP contribution < -0.4 is 10.5 Å². The third-order valence-electron chi connectivity index (χ3n) is 2.05. The first kappa shape index (κ1) is 14.1. The standard InChI is InChI=1S/C11H12F3NO3/c1-17-10(16)4-7-2-3-8(15)5-9(7)18-6-11(12,13)14/h2-3,5H,4,6,15H2,1H3. The summed E-state index contributed by atoms with van der Waals surface area (Å²) in [6.45, 7) is -1.44. The SMILES string of the molecule is COC(=O)Cc1ccc(N)cc1OCC(F)(F)F. The molecule has 0 aromatic heterocycles. The molecule has 0 spiro atoms. The minimum Gasteiger partial charge on any atom is -0.484 e. The van der Waals surface area contributed by atoms with Crippen LogP contribution >= 0.6 is 0 Å². The van der Waals surface area contributed by atoms with Crippen molar-refractivity contribution in [3.63, 3.8) is 0 Å². The van der Waals surface area contributed by atoms with E-state index in [-0.39, 0.29) is 17.9 Å². The van der Waals surface area contributed by atoms with Gasteiger partial charge in [0, 0.05) is 17.3 Å². The largest absolute Gasteiger partial charge is 0.484 e. The van der Waals surface area contributed by atoms with Gasteiger partial charge in [0.05, 0.1) is 13.5 Å². The van der Waals surface area contributed by atoms with Crippen LogP contribution in [0.4, 0.5) is 18.9 Å². The van der Waals surface area contributed by atoms with Gasteiger partial charge in [-0.15, -0.1) is 0 Å². The molecule has 0 saturated heterocycles. The van der Waals surface area contributed by atoms with Crippen LogP contribution in [0.1, 0.15) is 5.56 Å². The van der Waals surface area contributed by atoms with Crippen molar-refractivity contribution in [1.82, 2.24) is 0 Å². The smallest absolute Gasteiger partial charge is 0.422 e. The maximum Gasteiger partial charge on any atom is 0.422 e. The number of alkyl halides is 3. The molecular formula is C11H12F3NO3. The third-order valence-corrected chi connectivity index (χ3v) is 2.05. The Balaban J connectivity index is 2.86. The van der Waals surface area contributed by atoms with Gasteiger partial charge in [-0.25, -0.2) is 0 Å². The van der Waals surface area contributed by atoms with Crippen LogP contribution in [0, 0.1) is 0 Å².